The number of hydrogen-bond donors (Lipinski definition) is 1. The molecular formula is C16H14BrF3N3O3S+. The van der Waals surface area contributed by atoms with Crippen LogP contribution in [0.1, 0.15) is 12.6 Å². The van der Waals surface area contributed by atoms with Crippen LogP contribution in [0.25, 0.3) is 22.4 Å². The largest absolute Gasteiger partial charge is 0.482 e. The number of pyridine rings is 1. The van der Waals surface area contributed by atoms with E-state index in [1.54, 1.807) is 6.07 Å². The Bertz CT molecular complexity index is 1160. The van der Waals surface area contributed by atoms with E-state index in [4.69, 9.17) is 0 Å². The molecule has 3 aromatic rings. The van der Waals surface area contributed by atoms with Crippen LogP contribution in [0, 0.1) is 0 Å². The first-order valence-corrected chi connectivity index (χ1v) is 10.1. The number of alkyl halides is 3. The van der Waals surface area contributed by atoms with Crippen molar-refractivity contribution >= 4 is 36.8 Å². The maximum Gasteiger partial charge on any atom is 0.482 e. The van der Waals surface area contributed by atoms with Crippen LogP contribution in [0.3, 0.4) is 0 Å². The van der Waals surface area contributed by atoms with E-state index < -0.39 is 21.7 Å². The SMILES string of the molecule is CCS(=O)(=O)c1cc(Br)ccc1-c1nc2cc(C(F)(F)F)[n+](O)cc2n1C. The summed E-state index contributed by atoms with van der Waals surface area (Å²) in [6.45, 7) is 1.50. The lowest BCUT2D eigenvalue weighted by atomic mass is 10.2. The standard InChI is InChI=1S/C16H14BrF3N3O3S/c1-3-27(25,26)13-6-9(17)4-5-10(13)15-21-11-7-14(16(18,19)20)23(24)8-12(11)22(15)2/h4-8,24H,3H2,1-2H3/q+1. The predicted octanol–water partition coefficient (Wildman–Crippen LogP) is 3.34. The summed E-state index contributed by atoms with van der Waals surface area (Å²) >= 11 is 3.23. The van der Waals surface area contributed by atoms with Crippen molar-refractivity contribution in [2.75, 3.05) is 5.75 Å². The van der Waals surface area contributed by atoms with Crippen molar-refractivity contribution in [2.45, 2.75) is 18.0 Å². The van der Waals surface area contributed by atoms with Gasteiger partial charge in [0.2, 0.25) is 6.20 Å². The van der Waals surface area contributed by atoms with Gasteiger partial charge in [-0.05, 0) is 18.2 Å². The predicted molar refractivity (Wildman–Crippen MR) is 94.0 cm³/mol. The molecule has 1 N–H and O–H groups in total. The van der Waals surface area contributed by atoms with Gasteiger partial charge in [-0.1, -0.05) is 22.9 Å². The van der Waals surface area contributed by atoms with Crippen LogP contribution in [-0.4, -0.2) is 28.9 Å². The molecule has 11 heteroatoms. The third-order valence-electron chi connectivity index (χ3n) is 4.12. The summed E-state index contributed by atoms with van der Waals surface area (Å²) in [6, 6.07) is 5.30. The Kier molecular flexibility index (Phi) is 4.71. The number of aromatic nitrogens is 3. The van der Waals surface area contributed by atoms with Gasteiger partial charge in [0.05, 0.1) is 10.6 Å². The summed E-state index contributed by atoms with van der Waals surface area (Å²) in [5, 5.41) is 9.66. The number of imidazole rings is 1. The molecule has 1 aromatic carbocycles. The second-order valence-corrected chi connectivity index (χ2v) is 8.97. The van der Waals surface area contributed by atoms with E-state index in [0.717, 1.165) is 6.20 Å². The smallest absolute Gasteiger partial charge is 0.322 e. The van der Waals surface area contributed by atoms with E-state index in [9.17, 15) is 26.8 Å². The van der Waals surface area contributed by atoms with Gasteiger partial charge in [-0.3, -0.25) is 5.21 Å². The second kappa shape index (κ2) is 6.48. The molecule has 0 aliphatic rings. The first-order valence-electron chi connectivity index (χ1n) is 7.67. The van der Waals surface area contributed by atoms with E-state index in [1.165, 1.54) is 30.7 Å². The minimum atomic E-state index is -4.77. The molecule has 0 amide bonds. The molecule has 6 nitrogen and oxygen atoms in total. The van der Waals surface area contributed by atoms with E-state index in [0.29, 0.717) is 10.5 Å². The van der Waals surface area contributed by atoms with Gasteiger partial charge >= 0.3 is 11.9 Å². The normalized spacial score (nSPS) is 12.7. The van der Waals surface area contributed by atoms with Crippen molar-refractivity contribution in [1.29, 1.82) is 0 Å². The lowest BCUT2D eigenvalue weighted by molar-refractivity contribution is -0.914. The van der Waals surface area contributed by atoms with Crippen molar-refractivity contribution in [3.63, 3.8) is 0 Å². The van der Waals surface area contributed by atoms with Crippen LogP contribution in [-0.2, 0) is 23.1 Å². The lowest BCUT2D eigenvalue weighted by Crippen LogP contribution is -2.39. The zero-order valence-corrected chi connectivity index (χ0v) is 16.5. The summed E-state index contributed by atoms with van der Waals surface area (Å²) in [6.07, 6.45) is -3.88. The Morgan fingerprint density at radius 3 is 2.56 bits per heavy atom. The molecule has 0 aliphatic carbocycles. The molecule has 0 unspecified atom stereocenters. The van der Waals surface area contributed by atoms with Gasteiger partial charge in [-0.15, -0.1) is 0 Å². The monoisotopic (exact) mass is 464 g/mol. The summed E-state index contributed by atoms with van der Waals surface area (Å²) in [7, 11) is -2.08. The molecule has 3 rings (SSSR count). The number of benzene rings is 1. The van der Waals surface area contributed by atoms with Gasteiger partial charge in [0.15, 0.2) is 9.84 Å². The van der Waals surface area contributed by atoms with E-state index in [1.807, 2.05) is 0 Å². The molecule has 0 fully saturated rings. The fourth-order valence-electron chi connectivity index (χ4n) is 2.72. The number of aryl methyl sites for hydroxylation is 1. The van der Waals surface area contributed by atoms with Crippen molar-refractivity contribution < 1.29 is 31.5 Å². The Labute approximate surface area is 160 Å². The number of nitrogens with zero attached hydrogens (tertiary/aromatic N) is 3. The molecule has 0 spiro atoms. The Morgan fingerprint density at radius 2 is 1.96 bits per heavy atom. The van der Waals surface area contributed by atoms with Crippen LogP contribution in [0.4, 0.5) is 13.2 Å². The summed E-state index contributed by atoms with van der Waals surface area (Å²) < 4.78 is 65.9. The molecule has 0 bridgehead atoms. The van der Waals surface area contributed by atoms with Crippen LogP contribution < -0.4 is 4.73 Å². The van der Waals surface area contributed by atoms with Crippen LogP contribution >= 0.6 is 15.9 Å². The molecule has 0 radical (unpaired) electrons. The third kappa shape index (κ3) is 3.41. The molecule has 2 heterocycles. The summed E-state index contributed by atoms with van der Waals surface area (Å²) in [5.74, 6) is 0.0266. The fraction of sp³-hybridized carbons (Fsp3) is 0.250. The highest BCUT2D eigenvalue weighted by atomic mass is 79.9. The highest BCUT2D eigenvalue weighted by Crippen LogP contribution is 2.33. The third-order valence-corrected chi connectivity index (χ3v) is 6.38. The maximum atomic E-state index is 13.0. The van der Waals surface area contributed by atoms with E-state index in [-0.39, 0.29) is 37.8 Å². The van der Waals surface area contributed by atoms with Crippen molar-refractivity contribution in [2.24, 2.45) is 7.05 Å². The van der Waals surface area contributed by atoms with E-state index >= 15 is 0 Å². The number of fused-ring (bicyclic) bond motifs is 1. The molecular weight excluding hydrogens is 451 g/mol. The van der Waals surface area contributed by atoms with Crippen LogP contribution in [0.2, 0.25) is 0 Å². The summed E-state index contributed by atoms with van der Waals surface area (Å²) in [4.78, 5) is 4.21. The number of halogens is 4. The minimum absolute atomic E-state index is 0.0148. The second-order valence-electron chi connectivity index (χ2n) is 5.81. The van der Waals surface area contributed by atoms with Gasteiger partial charge in [-0.2, -0.15) is 13.2 Å². The average Bonchev–Trinajstić information content (AvgIpc) is 2.89. The topological polar surface area (TPSA) is 76.1 Å². The molecule has 0 atom stereocenters. The van der Waals surface area contributed by atoms with Crippen molar-refractivity contribution in [1.82, 2.24) is 9.55 Å². The molecule has 27 heavy (non-hydrogen) atoms. The van der Waals surface area contributed by atoms with Gasteiger partial charge in [-0.25, -0.2) is 13.4 Å². The highest BCUT2D eigenvalue weighted by molar-refractivity contribution is 9.10. The average molecular weight is 465 g/mol. The Balaban J connectivity index is 2.33. The van der Waals surface area contributed by atoms with Gasteiger partial charge in [0.1, 0.15) is 16.9 Å². The molecule has 144 valence electrons. The zero-order chi connectivity index (χ0) is 20.1. The van der Waals surface area contributed by atoms with Crippen molar-refractivity contribution in [3.05, 3.63) is 40.6 Å². The van der Waals surface area contributed by atoms with E-state index in [2.05, 4.69) is 20.9 Å². The Hall–Kier alpha value is -2.14. The van der Waals surface area contributed by atoms with Gasteiger partial charge in [0, 0.05) is 27.9 Å². The van der Waals surface area contributed by atoms with Crippen molar-refractivity contribution in [3.8, 4) is 11.4 Å². The maximum absolute atomic E-state index is 13.0. The van der Waals surface area contributed by atoms with Crippen LogP contribution in [0.15, 0.2) is 39.8 Å². The number of sulfone groups is 1. The molecule has 2 aromatic heterocycles. The van der Waals surface area contributed by atoms with Gasteiger partial charge in [0.25, 0.3) is 0 Å². The number of hydrogen-bond acceptors (Lipinski definition) is 4. The van der Waals surface area contributed by atoms with Crippen LogP contribution in [0.5, 0.6) is 0 Å². The quantitative estimate of drug-likeness (QED) is 0.476. The first-order chi connectivity index (χ1) is 12.5. The highest BCUT2D eigenvalue weighted by Gasteiger charge is 2.43. The van der Waals surface area contributed by atoms with Gasteiger partial charge < -0.3 is 4.57 Å². The zero-order valence-electron chi connectivity index (χ0n) is 14.1. The molecule has 0 saturated heterocycles. The number of rotatable bonds is 3. The Morgan fingerprint density at radius 1 is 1.30 bits per heavy atom. The molecule has 0 aliphatic heterocycles. The minimum Gasteiger partial charge on any atom is -0.322 e. The fourth-order valence-corrected chi connectivity index (χ4v) is 4.34. The summed E-state index contributed by atoms with van der Waals surface area (Å²) in [5.41, 5.74) is -0.829. The molecule has 0 saturated carbocycles. The lowest BCUT2D eigenvalue weighted by Gasteiger charge is -2.10. The first kappa shape index (κ1) is 19.6.